The van der Waals surface area contributed by atoms with E-state index in [1.165, 1.54) is 0 Å². The van der Waals surface area contributed by atoms with E-state index in [2.05, 4.69) is 148 Å². The van der Waals surface area contributed by atoms with Crippen molar-refractivity contribution >= 4 is 13.8 Å². The third-order valence-corrected chi connectivity index (χ3v) is 9.19. The fraction of sp³-hybridized carbons (Fsp3) is 0.540. The van der Waals surface area contributed by atoms with Crippen molar-refractivity contribution in [2.24, 2.45) is 0 Å². The average molecular weight is 839 g/mol. The van der Waals surface area contributed by atoms with E-state index >= 15 is 0 Å². The van der Waals surface area contributed by atoms with Gasteiger partial charge in [0.2, 0.25) is 0 Å². The predicted molar refractivity (Wildman–Crippen MR) is 251 cm³/mol. The molecule has 0 aromatic heterocycles. The summed E-state index contributed by atoms with van der Waals surface area (Å²) in [4.78, 5) is 22.9. The van der Waals surface area contributed by atoms with Crippen LogP contribution in [0.2, 0.25) is 0 Å². The lowest BCUT2D eigenvalue weighted by atomic mass is 10.2. The zero-order valence-corrected chi connectivity index (χ0v) is 38.3. The van der Waals surface area contributed by atoms with E-state index in [1.54, 1.807) is 0 Å². The number of phosphoric ester groups is 1. The molecule has 59 heavy (non-hydrogen) atoms. The summed E-state index contributed by atoms with van der Waals surface area (Å²) in [6.07, 6.45) is 60.8. The Bertz CT molecular complexity index is 1390. The van der Waals surface area contributed by atoms with Gasteiger partial charge in [-0.1, -0.05) is 148 Å². The topological polar surface area (TPSA) is 91.3 Å². The largest absolute Gasteiger partial charge is 0.472 e. The van der Waals surface area contributed by atoms with Crippen LogP contribution in [0.15, 0.2) is 134 Å². The molecule has 0 heterocycles. The quantitative estimate of drug-likeness (QED) is 0.0218. The smallest absolute Gasteiger partial charge is 0.457 e. The molecule has 9 heteroatoms. The van der Waals surface area contributed by atoms with Crippen LogP contribution in [0.1, 0.15) is 117 Å². The first-order valence-electron chi connectivity index (χ1n) is 21.9. The fourth-order valence-electron chi connectivity index (χ4n) is 4.90. The summed E-state index contributed by atoms with van der Waals surface area (Å²) in [6, 6.07) is 0. The second-order valence-electron chi connectivity index (χ2n) is 15.0. The van der Waals surface area contributed by atoms with E-state index in [4.69, 9.17) is 18.5 Å². The molecule has 0 spiro atoms. The maximum Gasteiger partial charge on any atom is 0.472 e. The number of unbranched alkanes of at least 4 members (excludes halogenated alkanes) is 2. The zero-order chi connectivity index (χ0) is 43.4. The Morgan fingerprint density at radius 1 is 0.525 bits per heavy atom. The van der Waals surface area contributed by atoms with Crippen molar-refractivity contribution in [3.8, 4) is 0 Å². The van der Waals surface area contributed by atoms with Gasteiger partial charge in [-0.05, 0) is 96.3 Å². The second kappa shape index (κ2) is 41.4. The number of hydrogen-bond acceptors (Lipinski definition) is 6. The van der Waals surface area contributed by atoms with Crippen molar-refractivity contribution in [2.75, 3.05) is 54.1 Å². The number of esters is 1. The molecule has 0 amide bonds. The van der Waals surface area contributed by atoms with Crippen LogP contribution in [-0.4, -0.2) is 75.6 Å². The van der Waals surface area contributed by atoms with Gasteiger partial charge in [-0.25, -0.2) is 4.57 Å². The van der Waals surface area contributed by atoms with Crippen LogP contribution in [0, 0.1) is 0 Å². The lowest BCUT2D eigenvalue weighted by Crippen LogP contribution is -2.37. The van der Waals surface area contributed by atoms with Gasteiger partial charge in [0.25, 0.3) is 0 Å². The molecule has 0 saturated carbocycles. The van der Waals surface area contributed by atoms with Gasteiger partial charge in [0, 0.05) is 13.0 Å². The Morgan fingerprint density at radius 3 is 1.29 bits per heavy atom. The van der Waals surface area contributed by atoms with E-state index in [0.717, 1.165) is 89.9 Å². The van der Waals surface area contributed by atoms with Crippen LogP contribution in [-0.2, 0) is 27.9 Å². The number of nitrogens with zero attached hydrogens (tertiary/aromatic N) is 1. The number of phosphoric acid groups is 1. The highest BCUT2D eigenvalue weighted by molar-refractivity contribution is 7.47. The molecular weight excluding hydrogens is 758 g/mol. The average Bonchev–Trinajstić information content (AvgIpc) is 3.19. The monoisotopic (exact) mass is 839 g/mol. The second-order valence-corrected chi connectivity index (χ2v) is 16.4. The summed E-state index contributed by atoms with van der Waals surface area (Å²) in [5, 5.41) is 0. The summed E-state index contributed by atoms with van der Waals surface area (Å²) in [5.74, 6) is -0.397. The lowest BCUT2D eigenvalue weighted by Gasteiger charge is -2.24. The Balaban J connectivity index is 4.49. The molecule has 0 rings (SSSR count). The number of ether oxygens (including phenoxy) is 2. The van der Waals surface area contributed by atoms with Crippen LogP contribution >= 0.6 is 7.82 Å². The van der Waals surface area contributed by atoms with E-state index in [1.807, 2.05) is 21.1 Å². The van der Waals surface area contributed by atoms with Gasteiger partial charge in [0.1, 0.15) is 19.3 Å². The van der Waals surface area contributed by atoms with Crippen LogP contribution in [0.25, 0.3) is 0 Å². The molecule has 0 aromatic carbocycles. The SMILES string of the molecule is CC/C=C\C/C=C\C/C=C\C/C=C\C/C=C\C/C=C\CCCOCC(COP(=O)(O)OCC[N+](C)(C)C)OC(=O)CCC/C=C\C/C=C\C/C=C\C/C=C\C/C=C\CC. The highest BCUT2D eigenvalue weighted by Crippen LogP contribution is 2.43. The van der Waals surface area contributed by atoms with Gasteiger partial charge in [0.05, 0.1) is 34.4 Å². The first-order valence-corrected chi connectivity index (χ1v) is 23.4. The van der Waals surface area contributed by atoms with Crippen molar-refractivity contribution in [1.29, 1.82) is 0 Å². The molecule has 1 N–H and O–H groups in total. The van der Waals surface area contributed by atoms with Crippen molar-refractivity contribution in [3.05, 3.63) is 134 Å². The fourth-order valence-corrected chi connectivity index (χ4v) is 5.64. The van der Waals surface area contributed by atoms with E-state index < -0.39 is 19.9 Å². The molecule has 0 radical (unpaired) electrons. The van der Waals surface area contributed by atoms with E-state index in [0.29, 0.717) is 24.1 Å². The van der Waals surface area contributed by atoms with Crippen molar-refractivity contribution in [3.63, 3.8) is 0 Å². The molecule has 0 saturated heterocycles. The Morgan fingerprint density at radius 2 is 0.898 bits per heavy atom. The van der Waals surface area contributed by atoms with Crippen molar-refractivity contribution < 1.29 is 37.3 Å². The number of quaternary nitrogens is 1. The Labute approximate surface area is 360 Å². The van der Waals surface area contributed by atoms with Gasteiger partial charge in [-0.2, -0.15) is 0 Å². The van der Waals surface area contributed by atoms with Crippen LogP contribution < -0.4 is 0 Å². The first kappa shape index (κ1) is 55.6. The van der Waals surface area contributed by atoms with Gasteiger partial charge in [0.15, 0.2) is 0 Å². The maximum absolute atomic E-state index is 12.7. The summed E-state index contributed by atoms with van der Waals surface area (Å²) in [6.45, 7) is 5.10. The Kier molecular flexibility index (Phi) is 39.0. The van der Waals surface area contributed by atoms with E-state index in [-0.39, 0.29) is 26.2 Å². The summed E-state index contributed by atoms with van der Waals surface area (Å²) >= 11 is 0. The molecule has 2 atom stereocenters. The molecule has 0 aliphatic carbocycles. The number of carbonyl (C=O) groups excluding carboxylic acids is 1. The van der Waals surface area contributed by atoms with Gasteiger partial charge < -0.3 is 18.9 Å². The molecule has 0 aliphatic rings. The molecule has 0 aromatic rings. The molecule has 0 bridgehead atoms. The Hall–Kier alpha value is -3.36. The standard InChI is InChI=1S/C50H80NO7P/c1-6-8-10-12-14-16-18-20-22-24-25-26-28-30-32-34-36-38-40-42-45-55-47-49(48-57-59(53,54)56-46-44-51(3,4)5)58-50(52)43-41-39-37-35-33-31-29-27-23-21-19-17-15-13-11-9-7-2/h8-11,14-17,20-23,25-26,29-32,35-38,49H,6-7,12-13,18-19,24,27-28,33-34,39-48H2,1-5H3/p+1/b10-8-,11-9-,16-14-,17-15-,22-20-,23-21-,26-25-,31-29-,32-30-,37-35-,38-36-. The van der Waals surface area contributed by atoms with Crippen molar-refractivity contribution in [2.45, 2.75) is 123 Å². The summed E-state index contributed by atoms with van der Waals surface area (Å²) in [7, 11) is 1.57. The zero-order valence-electron chi connectivity index (χ0n) is 37.4. The number of rotatable bonds is 38. The van der Waals surface area contributed by atoms with E-state index in [9.17, 15) is 14.3 Å². The molecule has 2 unspecified atom stereocenters. The normalized spacial score (nSPS) is 15.0. The number of likely N-dealkylation sites (N-methyl/N-ethyl adjacent to an activating group) is 1. The number of carbonyl (C=O) groups is 1. The first-order chi connectivity index (χ1) is 28.6. The van der Waals surface area contributed by atoms with Gasteiger partial charge in [-0.15, -0.1) is 0 Å². The minimum Gasteiger partial charge on any atom is -0.457 e. The summed E-state index contributed by atoms with van der Waals surface area (Å²) in [5.41, 5.74) is 0. The molecule has 0 fully saturated rings. The van der Waals surface area contributed by atoms with Crippen molar-refractivity contribution in [1.82, 2.24) is 0 Å². The third-order valence-electron chi connectivity index (χ3n) is 8.21. The van der Waals surface area contributed by atoms with Gasteiger partial charge in [-0.3, -0.25) is 13.8 Å². The highest BCUT2D eigenvalue weighted by atomic mass is 31.2. The maximum atomic E-state index is 12.7. The predicted octanol–water partition coefficient (Wildman–Crippen LogP) is 13.2. The highest BCUT2D eigenvalue weighted by Gasteiger charge is 2.26. The minimum absolute atomic E-state index is 0.0582. The number of hydrogen-bond donors (Lipinski definition) is 1. The van der Waals surface area contributed by atoms with Gasteiger partial charge >= 0.3 is 13.8 Å². The molecule has 0 aliphatic heterocycles. The number of allylic oxidation sites excluding steroid dienone is 22. The molecule has 8 nitrogen and oxygen atoms in total. The van der Waals surface area contributed by atoms with Crippen LogP contribution in [0.5, 0.6) is 0 Å². The lowest BCUT2D eigenvalue weighted by molar-refractivity contribution is -0.870. The molecule has 332 valence electrons. The van der Waals surface area contributed by atoms with Crippen LogP contribution in [0.3, 0.4) is 0 Å². The van der Waals surface area contributed by atoms with Crippen LogP contribution in [0.4, 0.5) is 0 Å². The summed E-state index contributed by atoms with van der Waals surface area (Å²) < 4.78 is 34.8. The minimum atomic E-state index is -4.32. The third kappa shape index (κ3) is 45.6. The molecular formula is C50H81NO7P+.